The van der Waals surface area contributed by atoms with Crippen molar-refractivity contribution in [1.29, 1.82) is 0 Å². The summed E-state index contributed by atoms with van der Waals surface area (Å²) in [6.45, 7) is 3.75. The van der Waals surface area contributed by atoms with Crippen LogP contribution < -0.4 is 15.4 Å². The van der Waals surface area contributed by atoms with Crippen LogP contribution >= 0.6 is 0 Å². The van der Waals surface area contributed by atoms with E-state index in [1.54, 1.807) is 19.4 Å². The molecular weight excluding hydrogens is 452 g/mol. The number of dihydropyridines is 1. The number of hydrogen-bond acceptors (Lipinski definition) is 6. The molecule has 0 radical (unpaired) electrons. The fourth-order valence-corrected chi connectivity index (χ4v) is 5.09. The van der Waals surface area contributed by atoms with Crippen LogP contribution in [0.15, 0.2) is 89.4 Å². The SMILES string of the molecule is COc1ccc([C@H]2CC(=O)C3=C(C2)NC(C)=C(C(=O)Nc2cccc(C)n2)[C@@H]3c2ccccn2)cc1. The average Bonchev–Trinajstić information content (AvgIpc) is 2.88. The highest BCUT2D eigenvalue weighted by Gasteiger charge is 2.41. The number of aryl methyl sites for hydroxylation is 1. The number of carbonyl (C=O) groups is 2. The Morgan fingerprint density at radius 2 is 1.83 bits per heavy atom. The molecule has 0 saturated heterocycles. The van der Waals surface area contributed by atoms with Gasteiger partial charge in [0, 0.05) is 40.9 Å². The van der Waals surface area contributed by atoms with E-state index in [0.717, 1.165) is 22.7 Å². The van der Waals surface area contributed by atoms with E-state index in [4.69, 9.17) is 4.74 Å². The molecule has 0 bridgehead atoms. The number of ether oxygens (including phenoxy) is 1. The molecule has 2 atom stereocenters. The number of aromatic nitrogens is 2. The lowest BCUT2D eigenvalue weighted by Crippen LogP contribution is -2.37. The second-order valence-electron chi connectivity index (χ2n) is 9.16. The van der Waals surface area contributed by atoms with Gasteiger partial charge in [-0.2, -0.15) is 0 Å². The largest absolute Gasteiger partial charge is 0.497 e. The van der Waals surface area contributed by atoms with E-state index in [1.165, 1.54) is 0 Å². The summed E-state index contributed by atoms with van der Waals surface area (Å²) in [5, 5.41) is 6.32. The number of allylic oxidation sites excluding steroid dienone is 3. The van der Waals surface area contributed by atoms with Crippen LogP contribution in [0.2, 0.25) is 0 Å². The molecule has 0 unspecified atom stereocenters. The molecule has 1 aliphatic heterocycles. The molecule has 3 aromatic rings. The summed E-state index contributed by atoms with van der Waals surface area (Å²) in [4.78, 5) is 36.2. The van der Waals surface area contributed by atoms with E-state index < -0.39 is 5.92 Å². The van der Waals surface area contributed by atoms with Crippen LogP contribution in [0.25, 0.3) is 0 Å². The van der Waals surface area contributed by atoms with Gasteiger partial charge in [-0.25, -0.2) is 4.98 Å². The molecule has 3 heterocycles. The quantitative estimate of drug-likeness (QED) is 0.545. The molecule has 36 heavy (non-hydrogen) atoms. The van der Waals surface area contributed by atoms with Gasteiger partial charge in [-0.05, 0) is 68.1 Å². The van der Waals surface area contributed by atoms with Gasteiger partial charge in [-0.3, -0.25) is 14.6 Å². The first kappa shape index (κ1) is 23.5. The van der Waals surface area contributed by atoms with Gasteiger partial charge >= 0.3 is 0 Å². The Morgan fingerprint density at radius 1 is 1.03 bits per heavy atom. The number of pyridine rings is 2. The number of amides is 1. The Balaban J connectivity index is 1.52. The van der Waals surface area contributed by atoms with Gasteiger partial charge < -0.3 is 15.4 Å². The number of methoxy groups -OCH3 is 1. The molecule has 0 saturated carbocycles. The van der Waals surface area contributed by atoms with Gasteiger partial charge in [0.05, 0.1) is 18.7 Å². The highest BCUT2D eigenvalue weighted by Crippen LogP contribution is 2.45. The molecule has 1 amide bonds. The molecule has 2 aromatic heterocycles. The maximum atomic E-state index is 13.7. The molecule has 2 N–H and O–H groups in total. The van der Waals surface area contributed by atoms with Crippen LogP contribution in [0.1, 0.15) is 48.6 Å². The van der Waals surface area contributed by atoms with E-state index in [2.05, 4.69) is 20.6 Å². The Hall–Kier alpha value is -4.26. The summed E-state index contributed by atoms with van der Waals surface area (Å²) in [5.74, 6) is 0.450. The minimum absolute atomic E-state index is 0.0201. The molecule has 0 fully saturated rings. The summed E-state index contributed by atoms with van der Waals surface area (Å²) in [6, 6.07) is 18.9. The van der Waals surface area contributed by atoms with Gasteiger partial charge in [0.1, 0.15) is 11.6 Å². The smallest absolute Gasteiger partial charge is 0.255 e. The number of hydrogen-bond donors (Lipinski definition) is 2. The second kappa shape index (κ2) is 9.77. The number of benzene rings is 1. The van der Waals surface area contributed by atoms with Gasteiger partial charge in [0.15, 0.2) is 5.78 Å². The molecule has 0 spiro atoms. The van der Waals surface area contributed by atoms with Crippen LogP contribution in [-0.2, 0) is 9.59 Å². The summed E-state index contributed by atoms with van der Waals surface area (Å²) in [6.07, 6.45) is 2.73. The lowest BCUT2D eigenvalue weighted by molar-refractivity contribution is -0.116. The van der Waals surface area contributed by atoms with E-state index in [1.807, 2.05) is 68.4 Å². The first-order valence-electron chi connectivity index (χ1n) is 12.0. The minimum Gasteiger partial charge on any atom is -0.497 e. The Morgan fingerprint density at radius 3 is 2.53 bits per heavy atom. The van der Waals surface area contributed by atoms with Crippen LogP contribution in [0.5, 0.6) is 5.75 Å². The maximum absolute atomic E-state index is 13.7. The van der Waals surface area contributed by atoms with Gasteiger partial charge in [-0.15, -0.1) is 0 Å². The molecule has 1 aliphatic carbocycles. The summed E-state index contributed by atoms with van der Waals surface area (Å²) < 4.78 is 5.28. The Labute approximate surface area is 210 Å². The summed E-state index contributed by atoms with van der Waals surface area (Å²) in [5.41, 5.74) is 5.22. The number of nitrogens with one attached hydrogen (secondary N) is 2. The third kappa shape index (κ3) is 4.52. The summed E-state index contributed by atoms with van der Waals surface area (Å²) in [7, 11) is 1.64. The van der Waals surface area contributed by atoms with Crippen molar-refractivity contribution in [3.05, 3.63) is 106 Å². The molecule has 5 rings (SSSR count). The van der Waals surface area contributed by atoms with Gasteiger partial charge in [0.25, 0.3) is 5.91 Å². The standard InChI is InChI=1S/C29H28N4O3/c1-17-7-6-9-25(31-17)33-29(35)26-18(2)32-23-15-20(19-10-12-21(36-3)13-11-19)16-24(34)27(23)28(26)22-8-4-5-14-30-22/h4-14,20,28,32H,15-16H2,1-3H3,(H,31,33,35)/t20-,28+/m1/s1. The Kier molecular flexibility index (Phi) is 6.38. The number of Topliss-reactive ketones (excluding diaryl/α,β-unsaturated/α-hetero) is 1. The van der Waals surface area contributed by atoms with Gasteiger partial charge in [-0.1, -0.05) is 24.3 Å². The highest BCUT2D eigenvalue weighted by atomic mass is 16.5. The Bertz CT molecular complexity index is 1380. The first-order valence-corrected chi connectivity index (χ1v) is 12.0. The molecular formula is C29H28N4O3. The van der Waals surface area contributed by atoms with Crippen LogP contribution in [0.4, 0.5) is 5.82 Å². The lowest BCUT2D eigenvalue weighted by Gasteiger charge is -2.36. The zero-order valence-corrected chi connectivity index (χ0v) is 20.5. The highest BCUT2D eigenvalue weighted by molar-refractivity contribution is 6.09. The maximum Gasteiger partial charge on any atom is 0.255 e. The predicted octanol–water partition coefficient (Wildman–Crippen LogP) is 4.79. The number of nitrogens with zero attached hydrogens (tertiary/aromatic N) is 2. The molecule has 7 nitrogen and oxygen atoms in total. The normalized spacial score (nSPS) is 19.5. The number of ketones is 1. The number of rotatable bonds is 5. The van der Waals surface area contributed by atoms with Crippen molar-refractivity contribution in [2.24, 2.45) is 0 Å². The fraction of sp³-hybridized carbons (Fsp3) is 0.241. The van der Waals surface area contributed by atoms with Crippen molar-refractivity contribution in [3.63, 3.8) is 0 Å². The van der Waals surface area contributed by atoms with Crippen LogP contribution in [0, 0.1) is 6.92 Å². The summed E-state index contributed by atoms with van der Waals surface area (Å²) >= 11 is 0. The zero-order chi connectivity index (χ0) is 25.2. The van der Waals surface area contributed by atoms with Crippen molar-refractivity contribution in [2.45, 2.75) is 38.5 Å². The van der Waals surface area contributed by atoms with E-state index in [0.29, 0.717) is 41.2 Å². The first-order chi connectivity index (χ1) is 17.4. The van der Waals surface area contributed by atoms with E-state index >= 15 is 0 Å². The van der Waals surface area contributed by atoms with E-state index in [9.17, 15) is 9.59 Å². The van der Waals surface area contributed by atoms with E-state index in [-0.39, 0.29) is 17.6 Å². The van der Waals surface area contributed by atoms with Gasteiger partial charge in [0.2, 0.25) is 0 Å². The van der Waals surface area contributed by atoms with Crippen LogP contribution in [-0.4, -0.2) is 28.8 Å². The molecule has 1 aromatic carbocycles. The zero-order valence-electron chi connectivity index (χ0n) is 20.5. The predicted molar refractivity (Wildman–Crippen MR) is 137 cm³/mol. The minimum atomic E-state index is -0.559. The van der Waals surface area contributed by atoms with Crippen molar-refractivity contribution < 1.29 is 14.3 Å². The third-order valence-electron chi connectivity index (χ3n) is 6.77. The molecule has 182 valence electrons. The number of carbonyl (C=O) groups excluding carboxylic acids is 2. The average molecular weight is 481 g/mol. The number of anilines is 1. The van der Waals surface area contributed by atoms with Crippen molar-refractivity contribution in [1.82, 2.24) is 15.3 Å². The lowest BCUT2D eigenvalue weighted by atomic mass is 9.72. The second-order valence-corrected chi connectivity index (χ2v) is 9.16. The van der Waals surface area contributed by atoms with Crippen molar-refractivity contribution in [3.8, 4) is 5.75 Å². The molecule has 7 heteroatoms. The molecule has 2 aliphatic rings. The topological polar surface area (TPSA) is 93.2 Å². The third-order valence-corrected chi connectivity index (χ3v) is 6.77. The fourth-order valence-electron chi connectivity index (χ4n) is 5.09. The van der Waals surface area contributed by atoms with Crippen molar-refractivity contribution in [2.75, 3.05) is 12.4 Å². The monoisotopic (exact) mass is 480 g/mol. The van der Waals surface area contributed by atoms with Crippen LogP contribution in [0.3, 0.4) is 0 Å². The van der Waals surface area contributed by atoms with Crippen molar-refractivity contribution >= 4 is 17.5 Å².